The summed E-state index contributed by atoms with van der Waals surface area (Å²) in [6.07, 6.45) is -2.79. The molecule has 0 amide bonds. The van der Waals surface area contributed by atoms with E-state index < -0.39 is 28.8 Å². The quantitative estimate of drug-likeness (QED) is 0.720. The Morgan fingerprint density at radius 1 is 1.57 bits per heavy atom. The van der Waals surface area contributed by atoms with Gasteiger partial charge in [-0.3, -0.25) is 9.59 Å². The zero-order valence-electron chi connectivity index (χ0n) is 6.75. The summed E-state index contributed by atoms with van der Waals surface area (Å²) in [7, 11) is 0. The summed E-state index contributed by atoms with van der Waals surface area (Å²) in [5.74, 6) is 0. The molecular formula is C8H4F2N2O2. The van der Waals surface area contributed by atoms with Gasteiger partial charge >= 0.3 is 0 Å². The van der Waals surface area contributed by atoms with E-state index in [1.54, 1.807) is 0 Å². The molecule has 6 heteroatoms. The summed E-state index contributed by atoms with van der Waals surface area (Å²) in [5.41, 5.74) is -2.43. The van der Waals surface area contributed by atoms with Crippen LogP contribution in [0.3, 0.4) is 0 Å². The first kappa shape index (κ1) is 10.1. The molecule has 0 saturated carbocycles. The van der Waals surface area contributed by atoms with E-state index in [0.717, 1.165) is 0 Å². The first-order chi connectivity index (χ1) is 6.60. The lowest BCUT2D eigenvalue weighted by atomic mass is 10.1. The van der Waals surface area contributed by atoms with Crippen LogP contribution in [0.5, 0.6) is 0 Å². The van der Waals surface area contributed by atoms with Gasteiger partial charge in [-0.25, -0.2) is 8.78 Å². The summed E-state index contributed by atoms with van der Waals surface area (Å²) in [5, 5.41) is 8.39. The van der Waals surface area contributed by atoms with Gasteiger partial charge in [0.1, 0.15) is 11.6 Å². The predicted octanol–water partition coefficient (Wildman–Crippen LogP) is 0.997. The van der Waals surface area contributed by atoms with Gasteiger partial charge in [0.25, 0.3) is 12.0 Å². The Kier molecular flexibility index (Phi) is 2.72. The zero-order chi connectivity index (χ0) is 10.7. The number of carbonyl (C=O) groups is 1. The van der Waals surface area contributed by atoms with E-state index in [2.05, 4.69) is 0 Å². The number of hydrogen-bond donors (Lipinski definition) is 1. The average molecular weight is 198 g/mol. The molecule has 0 aliphatic heterocycles. The summed E-state index contributed by atoms with van der Waals surface area (Å²) >= 11 is 0. The molecule has 0 fully saturated rings. The number of nitriles is 1. The highest BCUT2D eigenvalue weighted by atomic mass is 19.3. The van der Waals surface area contributed by atoms with E-state index in [9.17, 15) is 18.4 Å². The van der Waals surface area contributed by atoms with Crippen molar-refractivity contribution in [3.63, 3.8) is 0 Å². The van der Waals surface area contributed by atoms with Gasteiger partial charge in [-0.2, -0.15) is 5.26 Å². The van der Waals surface area contributed by atoms with E-state index in [1.807, 2.05) is 4.98 Å². The summed E-state index contributed by atoms with van der Waals surface area (Å²) in [6.45, 7) is 0. The summed E-state index contributed by atoms with van der Waals surface area (Å²) in [6, 6.07) is 2.16. The number of rotatable bonds is 2. The number of hydrogen-bond acceptors (Lipinski definition) is 3. The van der Waals surface area contributed by atoms with Gasteiger partial charge in [-0.1, -0.05) is 0 Å². The number of nitrogens with one attached hydrogen (secondary N) is 1. The van der Waals surface area contributed by atoms with Gasteiger partial charge < -0.3 is 4.98 Å². The fourth-order valence-electron chi connectivity index (χ4n) is 0.922. The van der Waals surface area contributed by atoms with Crippen LogP contribution in [-0.2, 0) is 0 Å². The molecule has 1 heterocycles. The Labute approximate surface area is 76.8 Å². The number of nitrogens with zero attached hydrogens (tertiary/aromatic N) is 1. The van der Waals surface area contributed by atoms with Gasteiger partial charge in [-0.15, -0.1) is 0 Å². The highest BCUT2D eigenvalue weighted by Crippen LogP contribution is 2.20. The molecule has 0 aliphatic rings. The molecule has 0 radical (unpaired) electrons. The SMILES string of the molecule is N#Cc1cc(C(F)F)c(C=O)[nH]c1=O. The number of aldehydes is 1. The van der Waals surface area contributed by atoms with Crippen LogP contribution in [0.2, 0.25) is 0 Å². The Balaban J connectivity index is 3.50. The van der Waals surface area contributed by atoms with Gasteiger partial charge in [0.15, 0.2) is 6.29 Å². The largest absolute Gasteiger partial charge is 0.318 e. The molecular weight excluding hydrogens is 194 g/mol. The fourth-order valence-corrected chi connectivity index (χ4v) is 0.922. The molecule has 0 bridgehead atoms. The molecule has 1 N–H and O–H groups in total. The lowest BCUT2D eigenvalue weighted by molar-refractivity contribution is 0.110. The molecule has 0 unspecified atom stereocenters. The van der Waals surface area contributed by atoms with Crippen molar-refractivity contribution < 1.29 is 13.6 Å². The predicted molar refractivity (Wildman–Crippen MR) is 42.1 cm³/mol. The standard InChI is InChI=1S/C8H4F2N2O2/c9-7(10)5-1-4(2-11)8(14)12-6(5)3-13/h1,3,7H,(H,12,14). The average Bonchev–Trinajstić information content (AvgIpc) is 2.16. The van der Waals surface area contributed by atoms with Gasteiger partial charge in [0.05, 0.1) is 5.69 Å². The van der Waals surface area contributed by atoms with Crippen molar-refractivity contribution in [2.24, 2.45) is 0 Å². The topological polar surface area (TPSA) is 73.7 Å². The van der Waals surface area contributed by atoms with Crippen LogP contribution < -0.4 is 5.56 Å². The second kappa shape index (κ2) is 3.79. The molecule has 1 aromatic heterocycles. The summed E-state index contributed by atoms with van der Waals surface area (Å²) in [4.78, 5) is 23.1. The minimum Gasteiger partial charge on any atom is -0.318 e. The maximum absolute atomic E-state index is 12.3. The number of pyridine rings is 1. The maximum atomic E-state index is 12.3. The van der Waals surface area contributed by atoms with Crippen LogP contribution in [0, 0.1) is 11.3 Å². The Morgan fingerprint density at radius 2 is 2.21 bits per heavy atom. The van der Waals surface area contributed by atoms with Crippen molar-refractivity contribution in [3.8, 4) is 6.07 Å². The number of aromatic nitrogens is 1. The summed E-state index contributed by atoms with van der Waals surface area (Å²) < 4.78 is 24.5. The van der Waals surface area contributed by atoms with Crippen LogP contribution >= 0.6 is 0 Å². The van der Waals surface area contributed by atoms with Crippen molar-refractivity contribution in [1.29, 1.82) is 5.26 Å². The molecule has 1 rings (SSSR count). The van der Waals surface area contributed by atoms with Gasteiger partial charge in [-0.05, 0) is 6.07 Å². The molecule has 0 atom stereocenters. The van der Waals surface area contributed by atoms with Crippen LogP contribution in [0.4, 0.5) is 8.78 Å². The van der Waals surface area contributed by atoms with Crippen molar-refractivity contribution in [2.45, 2.75) is 6.43 Å². The number of carbonyl (C=O) groups excluding carboxylic acids is 1. The van der Waals surface area contributed by atoms with Crippen LogP contribution in [0.1, 0.15) is 28.0 Å². The lowest BCUT2D eigenvalue weighted by Gasteiger charge is -2.02. The smallest absolute Gasteiger partial charge is 0.266 e. The molecule has 4 nitrogen and oxygen atoms in total. The van der Waals surface area contributed by atoms with E-state index in [4.69, 9.17) is 5.26 Å². The van der Waals surface area contributed by atoms with E-state index in [-0.39, 0.29) is 6.29 Å². The van der Waals surface area contributed by atoms with Crippen molar-refractivity contribution in [2.75, 3.05) is 0 Å². The lowest BCUT2D eigenvalue weighted by Crippen LogP contribution is -2.15. The third-order valence-corrected chi connectivity index (χ3v) is 1.58. The minimum atomic E-state index is -2.90. The van der Waals surface area contributed by atoms with Crippen molar-refractivity contribution >= 4 is 6.29 Å². The van der Waals surface area contributed by atoms with Crippen LogP contribution in [-0.4, -0.2) is 11.3 Å². The second-order valence-corrected chi connectivity index (χ2v) is 2.41. The van der Waals surface area contributed by atoms with Crippen LogP contribution in [0.25, 0.3) is 0 Å². The fraction of sp³-hybridized carbons (Fsp3) is 0.125. The maximum Gasteiger partial charge on any atom is 0.266 e. The molecule has 0 aromatic carbocycles. The first-order valence-electron chi connectivity index (χ1n) is 3.50. The highest BCUT2D eigenvalue weighted by Gasteiger charge is 2.15. The van der Waals surface area contributed by atoms with E-state index in [1.165, 1.54) is 6.07 Å². The molecule has 1 aromatic rings. The Hall–Kier alpha value is -2.03. The Morgan fingerprint density at radius 3 is 2.64 bits per heavy atom. The monoisotopic (exact) mass is 198 g/mol. The van der Waals surface area contributed by atoms with Gasteiger partial charge in [0, 0.05) is 5.56 Å². The number of halogens is 2. The normalized spacial score (nSPS) is 9.86. The molecule has 0 spiro atoms. The molecule has 14 heavy (non-hydrogen) atoms. The third-order valence-electron chi connectivity index (χ3n) is 1.58. The van der Waals surface area contributed by atoms with Gasteiger partial charge in [0.2, 0.25) is 0 Å². The van der Waals surface area contributed by atoms with E-state index >= 15 is 0 Å². The Bertz CT molecular complexity index is 459. The molecule has 72 valence electrons. The molecule has 0 aliphatic carbocycles. The number of alkyl halides is 2. The highest BCUT2D eigenvalue weighted by molar-refractivity contribution is 5.74. The third kappa shape index (κ3) is 1.66. The first-order valence-corrected chi connectivity index (χ1v) is 3.50. The van der Waals surface area contributed by atoms with E-state index in [0.29, 0.717) is 6.07 Å². The van der Waals surface area contributed by atoms with Crippen molar-refractivity contribution in [1.82, 2.24) is 4.98 Å². The van der Waals surface area contributed by atoms with Crippen LogP contribution in [0.15, 0.2) is 10.9 Å². The minimum absolute atomic E-state index is 0.115. The number of H-pyrrole nitrogens is 1. The van der Waals surface area contributed by atoms with Crippen molar-refractivity contribution in [3.05, 3.63) is 33.2 Å². The zero-order valence-corrected chi connectivity index (χ0v) is 6.75. The molecule has 0 saturated heterocycles. The second-order valence-electron chi connectivity index (χ2n) is 2.41. The number of aromatic amines is 1.